The van der Waals surface area contributed by atoms with Gasteiger partial charge in [0.15, 0.2) is 0 Å². The van der Waals surface area contributed by atoms with Crippen molar-refractivity contribution in [3.63, 3.8) is 0 Å². The van der Waals surface area contributed by atoms with Crippen molar-refractivity contribution in [2.45, 2.75) is 13.8 Å². The third-order valence-electron chi connectivity index (χ3n) is 5.61. The molecule has 0 aliphatic carbocycles. The number of carboxylic acids is 1. The van der Waals surface area contributed by atoms with Crippen LogP contribution in [0.25, 0.3) is 10.9 Å². The van der Waals surface area contributed by atoms with Crippen molar-refractivity contribution >= 4 is 77.2 Å². The molecule has 11 heteroatoms. The van der Waals surface area contributed by atoms with Gasteiger partial charge in [-0.2, -0.15) is 0 Å². The summed E-state index contributed by atoms with van der Waals surface area (Å²) in [5.41, 5.74) is 1.77. The molecule has 1 aliphatic rings. The monoisotopic (exact) mass is 544 g/mol. The molecule has 1 saturated heterocycles. The molecule has 4 rings (SSSR count). The largest absolute Gasteiger partial charge is 0.478 e. The van der Waals surface area contributed by atoms with Crippen LogP contribution in [0.1, 0.15) is 24.2 Å². The van der Waals surface area contributed by atoms with E-state index in [0.717, 1.165) is 0 Å². The predicted molar refractivity (Wildman–Crippen MR) is 145 cm³/mol. The Kier molecular flexibility index (Phi) is 11.0. The molecule has 0 radical (unpaired) electrons. The molecule has 3 aromatic rings. The minimum atomic E-state index is -1.06. The fraction of sp³-hybridized carbons (Fsp3) is 0.292. The lowest BCUT2D eigenvalue weighted by molar-refractivity contribution is -0.118. The van der Waals surface area contributed by atoms with E-state index in [9.17, 15) is 19.1 Å². The highest BCUT2D eigenvalue weighted by Crippen LogP contribution is 2.28. The minimum Gasteiger partial charge on any atom is -0.478 e. The molecule has 190 valence electrons. The van der Waals surface area contributed by atoms with Crippen LogP contribution >= 0.6 is 37.2 Å². The number of carbonyl (C=O) groups is 2. The van der Waals surface area contributed by atoms with Gasteiger partial charge in [0.25, 0.3) is 0 Å². The lowest BCUT2D eigenvalue weighted by atomic mass is 10.1. The normalized spacial score (nSPS) is 12.9. The van der Waals surface area contributed by atoms with Crippen molar-refractivity contribution in [1.82, 2.24) is 4.98 Å². The summed E-state index contributed by atoms with van der Waals surface area (Å²) in [5, 5.41) is 13.1. The van der Waals surface area contributed by atoms with Crippen LogP contribution < -0.4 is 15.1 Å². The summed E-state index contributed by atoms with van der Waals surface area (Å²) in [6, 6.07) is 13.3. The molecule has 0 saturated carbocycles. The van der Waals surface area contributed by atoms with Gasteiger partial charge < -0.3 is 20.2 Å². The number of pyridine rings is 1. The van der Waals surface area contributed by atoms with Gasteiger partial charge in [0, 0.05) is 43.2 Å². The van der Waals surface area contributed by atoms with Crippen molar-refractivity contribution < 1.29 is 19.1 Å². The van der Waals surface area contributed by atoms with Crippen molar-refractivity contribution in [3.8, 4) is 0 Å². The number of aromatic carboxylic acids is 1. The first-order valence-corrected chi connectivity index (χ1v) is 10.6. The minimum absolute atomic E-state index is 0. The quantitative estimate of drug-likeness (QED) is 0.455. The van der Waals surface area contributed by atoms with Crippen LogP contribution in [0, 0.1) is 11.7 Å². The van der Waals surface area contributed by atoms with Gasteiger partial charge in [-0.3, -0.25) is 4.79 Å². The van der Waals surface area contributed by atoms with Crippen LogP contribution in [0.4, 0.5) is 21.6 Å². The van der Waals surface area contributed by atoms with Gasteiger partial charge in [-0.15, -0.1) is 37.2 Å². The van der Waals surface area contributed by atoms with Crippen LogP contribution in [0.3, 0.4) is 0 Å². The summed E-state index contributed by atoms with van der Waals surface area (Å²) < 4.78 is 14.1. The average molecular weight is 546 g/mol. The first kappa shape index (κ1) is 30.2. The molecule has 2 heterocycles. The first-order valence-electron chi connectivity index (χ1n) is 10.6. The van der Waals surface area contributed by atoms with Gasteiger partial charge in [-0.05, 0) is 36.4 Å². The van der Waals surface area contributed by atoms with E-state index in [1.54, 1.807) is 50.2 Å². The second-order valence-electron chi connectivity index (χ2n) is 8.13. The van der Waals surface area contributed by atoms with Crippen molar-refractivity contribution in [3.05, 3.63) is 59.9 Å². The molecule has 0 atom stereocenters. The summed E-state index contributed by atoms with van der Waals surface area (Å²) >= 11 is 0. The topological polar surface area (TPSA) is 85.8 Å². The average Bonchev–Trinajstić information content (AvgIpc) is 2.78. The molecule has 7 nitrogen and oxygen atoms in total. The smallest absolute Gasteiger partial charge is 0.336 e. The SMILES string of the molecule is CC(C)C(=O)Nc1ccc2nc(N3CCN(c4ccccc4F)CC3)cc(C(=O)O)c2c1.Cl.Cl.Cl. The summed E-state index contributed by atoms with van der Waals surface area (Å²) in [6.07, 6.45) is 0. The number of carbonyl (C=O) groups excluding carboxylic acids is 1. The number of hydrogen-bond acceptors (Lipinski definition) is 5. The van der Waals surface area contributed by atoms with Crippen LogP contribution in [0.15, 0.2) is 48.5 Å². The van der Waals surface area contributed by atoms with Crippen molar-refractivity contribution in [2.75, 3.05) is 41.3 Å². The number of rotatable bonds is 5. The molecule has 0 bridgehead atoms. The second kappa shape index (κ2) is 12.8. The third-order valence-corrected chi connectivity index (χ3v) is 5.61. The summed E-state index contributed by atoms with van der Waals surface area (Å²) in [4.78, 5) is 32.6. The lowest BCUT2D eigenvalue weighted by Crippen LogP contribution is -2.47. The molecule has 35 heavy (non-hydrogen) atoms. The number of para-hydroxylation sites is 1. The molecule has 1 aliphatic heterocycles. The third kappa shape index (κ3) is 6.66. The second-order valence-corrected chi connectivity index (χ2v) is 8.13. The molecular formula is C24H28Cl3FN4O3. The van der Waals surface area contributed by atoms with E-state index in [0.29, 0.717) is 54.3 Å². The Labute approximate surface area is 221 Å². The van der Waals surface area contributed by atoms with Crippen LogP contribution in [0.5, 0.6) is 0 Å². The molecule has 1 fully saturated rings. The van der Waals surface area contributed by atoms with Gasteiger partial charge in [0.1, 0.15) is 11.6 Å². The molecule has 2 N–H and O–H groups in total. The lowest BCUT2D eigenvalue weighted by Gasteiger charge is -2.37. The summed E-state index contributed by atoms with van der Waals surface area (Å²) in [5.74, 6) is -1.07. The fourth-order valence-electron chi connectivity index (χ4n) is 3.80. The highest BCUT2D eigenvalue weighted by atomic mass is 35.5. The Morgan fingerprint density at radius 3 is 2.20 bits per heavy atom. The first-order chi connectivity index (χ1) is 15.3. The highest BCUT2D eigenvalue weighted by Gasteiger charge is 2.22. The van der Waals surface area contributed by atoms with Crippen LogP contribution in [0.2, 0.25) is 0 Å². The number of benzene rings is 2. The zero-order valence-corrected chi connectivity index (χ0v) is 21.7. The number of halogens is 4. The number of amides is 1. The molecule has 0 spiro atoms. The highest BCUT2D eigenvalue weighted by molar-refractivity contribution is 6.05. The number of anilines is 3. The summed E-state index contributed by atoms with van der Waals surface area (Å²) in [6.45, 7) is 5.97. The Morgan fingerprint density at radius 2 is 1.60 bits per heavy atom. The molecule has 1 amide bonds. The van der Waals surface area contributed by atoms with E-state index in [2.05, 4.69) is 10.3 Å². The van der Waals surface area contributed by atoms with Crippen LogP contribution in [-0.4, -0.2) is 48.1 Å². The van der Waals surface area contributed by atoms with Crippen molar-refractivity contribution in [2.24, 2.45) is 5.92 Å². The predicted octanol–water partition coefficient (Wildman–Crippen LogP) is 5.26. The van der Waals surface area contributed by atoms with Gasteiger partial charge in [0.2, 0.25) is 5.91 Å². The van der Waals surface area contributed by atoms with E-state index >= 15 is 0 Å². The number of nitrogens with zero attached hydrogens (tertiary/aromatic N) is 3. The maximum absolute atomic E-state index is 14.1. The van der Waals surface area contributed by atoms with Crippen molar-refractivity contribution in [1.29, 1.82) is 0 Å². The Hall–Kier alpha value is -2.81. The molecule has 0 unspecified atom stereocenters. The number of nitrogens with one attached hydrogen (secondary N) is 1. The Balaban J connectivity index is 0.00000204. The summed E-state index contributed by atoms with van der Waals surface area (Å²) in [7, 11) is 0. The standard InChI is InChI=1S/C24H25FN4O3.3ClH/c1-15(2)23(30)26-16-7-8-20-17(13-16)18(24(31)32)14-22(27-20)29-11-9-28(10-12-29)21-6-4-3-5-19(21)25;;;/h3-8,13-15H,9-12H2,1-2H3,(H,26,30)(H,31,32);3*1H. The Morgan fingerprint density at radius 1 is 0.971 bits per heavy atom. The van der Waals surface area contributed by atoms with Gasteiger partial charge in [-0.25, -0.2) is 14.2 Å². The number of fused-ring (bicyclic) bond motifs is 1. The number of aromatic nitrogens is 1. The zero-order valence-electron chi connectivity index (χ0n) is 19.2. The fourth-order valence-corrected chi connectivity index (χ4v) is 3.80. The maximum Gasteiger partial charge on any atom is 0.336 e. The number of piperazine rings is 1. The number of carboxylic acid groups (broad SMARTS) is 1. The van der Waals surface area contributed by atoms with E-state index < -0.39 is 5.97 Å². The molecule has 1 aromatic heterocycles. The van der Waals surface area contributed by atoms with E-state index in [-0.39, 0.29) is 60.4 Å². The van der Waals surface area contributed by atoms with E-state index in [1.165, 1.54) is 6.07 Å². The maximum atomic E-state index is 14.1. The Bertz CT molecular complexity index is 1190. The molecule has 2 aromatic carbocycles. The van der Waals surface area contributed by atoms with Gasteiger partial charge in [0.05, 0.1) is 16.8 Å². The van der Waals surface area contributed by atoms with E-state index in [1.807, 2.05) is 15.9 Å². The zero-order chi connectivity index (χ0) is 22.8. The van der Waals surface area contributed by atoms with Gasteiger partial charge >= 0.3 is 5.97 Å². The number of hydrogen-bond donors (Lipinski definition) is 2. The van der Waals surface area contributed by atoms with E-state index in [4.69, 9.17) is 0 Å². The molecular weight excluding hydrogens is 518 g/mol. The van der Waals surface area contributed by atoms with Crippen LogP contribution in [-0.2, 0) is 4.79 Å². The van der Waals surface area contributed by atoms with Gasteiger partial charge in [-0.1, -0.05) is 26.0 Å².